The van der Waals surface area contributed by atoms with Gasteiger partial charge in [-0.3, -0.25) is 0 Å². The van der Waals surface area contributed by atoms with E-state index in [1.807, 2.05) is 11.3 Å². The topological polar surface area (TPSA) is 17.4 Å². The minimum atomic E-state index is -0.106. The van der Waals surface area contributed by atoms with Gasteiger partial charge < -0.3 is 14.1 Å². The van der Waals surface area contributed by atoms with Gasteiger partial charge in [-0.05, 0) is 121 Å². The summed E-state index contributed by atoms with van der Waals surface area (Å²) in [5.74, 6) is 0.997. The molecule has 8 aromatic carbocycles. The average molecular weight is 871 g/mol. The Morgan fingerprint density at radius 1 is 0.591 bits per heavy atom. The van der Waals surface area contributed by atoms with Crippen molar-refractivity contribution in [2.45, 2.75) is 84.2 Å². The van der Waals surface area contributed by atoms with Crippen molar-refractivity contribution in [1.82, 2.24) is 4.57 Å². The molecular weight excluding hydrogens is 820 g/mol. The van der Waals surface area contributed by atoms with Gasteiger partial charge in [0.15, 0.2) is 0 Å². The van der Waals surface area contributed by atoms with Crippen molar-refractivity contribution in [2.24, 2.45) is 0 Å². The Morgan fingerprint density at radius 2 is 1.32 bits per heavy atom. The second kappa shape index (κ2) is 12.9. The summed E-state index contributed by atoms with van der Waals surface area (Å²) in [4.78, 5) is 2.68. The predicted molar refractivity (Wildman–Crippen MR) is 281 cm³/mol. The van der Waals surface area contributed by atoms with Crippen molar-refractivity contribution in [3.05, 3.63) is 179 Å². The first-order valence-corrected chi connectivity index (χ1v) is 24.6. The van der Waals surface area contributed by atoms with Crippen LogP contribution >= 0.6 is 11.3 Å². The smallest absolute Gasteiger partial charge is 0.333 e. The van der Waals surface area contributed by atoms with E-state index in [0.717, 1.165) is 12.2 Å². The molecule has 0 saturated carbocycles. The Hall–Kier alpha value is -6.56. The molecule has 0 saturated heterocycles. The van der Waals surface area contributed by atoms with Crippen LogP contribution in [0.1, 0.15) is 94.9 Å². The number of hydrogen-bond donors (Lipinski definition) is 0. The summed E-state index contributed by atoms with van der Waals surface area (Å²) >= 11 is 1.93. The molecular formula is C61H51BN2OS. The lowest BCUT2D eigenvalue weighted by Gasteiger charge is -2.42. The number of aromatic nitrogens is 1. The fraction of sp³-hybridized carbons (Fsp3) is 0.213. The molecule has 2 aromatic heterocycles. The van der Waals surface area contributed by atoms with E-state index in [1.54, 1.807) is 0 Å². The van der Waals surface area contributed by atoms with Gasteiger partial charge in [-0.25, -0.2) is 0 Å². The van der Waals surface area contributed by atoms with Crippen molar-refractivity contribution in [2.75, 3.05) is 4.81 Å². The summed E-state index contributed by atoms with van der Waals surface area (Å²) in [5, 5.41) is 5.30. The van der Waals surface area contributed by atoms with Crippen LogP contribution < -0.4 is 20.5 Å². The van der Waals surface area contributed by atoms with Crippen LogP contribution in [0.3, 0.4) is 0 Å². The van der Waals surface area contributed by atoms with Crippen LogP contribution in [-0.2, 0) is 22.7 Å². The van der Waals surface area contributed by atoms with E-state index in [2.05, 4.69) is 210 Å². The van der Waals surface area contributed by atoms with Gasteiger partial charge in [-0.2, -0.15) is 0 Å². The molecule has 5 heteroatoms. The van der Waals surface area contributed by atoms with Gasteiger partial charge in [0.25, 0.3) is 0 Å². The third kappa shape index (κ3) is 5.15. The predicted octanol–water partition coefficient (Wildman–Crippen LogP) is 15.0. The third-order valence-corrected chi connectivity index (χ3v) is 16.9. The van der Waals surface area contributed by atoms with Gasteiger partial charge in [-0.1, -0.05) is 146 Å². The summed E-state index contributed by atoms with van der Waals surface area (Å²) in [5.41, 5.74) is 22.2. The van der Waals surface area contributed by atoms with E-state index in [-0.39, 0.29) is 29.2 Å². The lowest BCUT2D eigenvalue weighted by molar-refractivity contribution is 0.239. The number of thiophene rings is 1. The summed E-state index contributed by atoms with van der Waals surface area (Å²) < 4.78 is 12.3. The zero-order valence-electron chi connectivity index (χ0n) is 38.9. The zero-order valence-corrected chi connectivity index (χ0v) is 39.7. The molecule has 0 amide bonds. The Kier molecular flexibility index (Phi) is 7.54. The van der Waals surface area contributed by atoms with Gasteiger partial charge in [-0.15, -0.1) is 11.3 Å². The number of ether oxygens (including phenoxy) is 1. The van der Waals surface area contributed by atoms with Gasteiger partial charge in [0.05, 0.1) is 11.0 Å². The first-order chi connectivity index (χ1) is 31.7. The molecule has 1 aliphatic carbocycles. The van der Waals surface area contributed by atoms with E-state index in [0.29, 0.717) is 0 Å². The van der Waals surface area contributed by atoms with Gasteiger partial charge in [0, 0.05) is 71.0 Å². The summed E-state index contributed by atoms with van der Waals surface area (Å²) in [6.45, 7) is 18.6. The molecule has 10 aromatic rings. The van der Waals surface area contributed by atoms with Gasteiger partial charge >= 0.3 is 6.85 Å². The molecule has 0 N–H and O–H groups in total. The highest BCUT2D eigenvalue weighted by Crippen LogP contribution is 2.54. The Bertz CT molecular complexity index is 3770. The molecule has 0 fully saturated rings. The molecule has 3 aliphatic heterocycles. The number of hydrogen-bond acceptors (Lipinski definition) is 3. The van der Waals surface area contributed by atoms with E-state index >= 15 is 0 Å². The molecule has 66 heavy (non-hydrogen) atoms. The van der Waals surface area contributed by atoms with Gasteiger partial charge in [0.2, 0.25) is 0 Å². The monoisotopic (exact) mass is 870 g/mol. The first-order valence-electron chi connectivity index (χ1n) is 23.8. The first kappa shape index (κ1) is 38.7. The quantitative estimate of drug-likeness (QED) is 0.161. The minimum absolute atomic E-state index is 0.0282. The molecule has 1 unspecified atom stereocenters. The molecule has 0 radical (unpaired) electrons. The van der Waals surface area contributed by atoms with Crippen LogP contribution in [0.15, 0.2) is 146 Å². The SMILES string of the molecule is CC(C)(C)c1ccc(N2B3c4cc5c(cc4-n4c6cc7c(cc6c6ccc(c3c64)-c3cc4c(cc32)sc2cc(C(C)(C)C)ccc24)C(C)(C)c2ccccc2-7)CC(c2ccccc2)O5)cc1. The van der Waals surface area contributed by atoms with E-state index < -0.39 is 0 Å². The summed E-state index contributed by atoms with van der Waals surface area (Å²) in [6, 6.07) is 56.4. The standard InChI is InChI=1S/C61H51BN2OS/c1-59(2,3)36-18-21-38(22-19-36)64-51-33-56-46(40-23-20-37(60(4,5)6)28-55(40)66-56)29-44(51)41-24-25-42-45-30-48-43(39-16-12-13-17-47(39)61(48,7)8)31-50(45)63-52-26-35-27-53(34-14-10-9-11-15-34)65-54(35)32-49(52)62(64)57(41)58(42)63/h9-26,28-33,53H,27H2,1-8H3. The van der Waals surface area contributed by atoms with Crippen LogP contribution in [0.2, 0.25) is 0 Å². The molecule has 5 heterocycles. The molecule has 14 rings (SSSR count). The maximum absolute atomic E-state index is 7.01. The lowest BCUT2D eigenvalue weighted by atomic mass is 9.44. The Morgan fingerprint density at radius 3 is 2.11 bits per heavy atom. The van der Waals surface area contributed by atoms with E-state index in [9.17, 15) is 0 Å². The van der Waals surface area contributed by atoms with Gasteiger partial charge in [0.1, 0.15) is 11.9 Å². The number of nitrogens with zero attached hydrogens (tertiary/aromatic N) is 2. The van der Waals surface area contributed by atoms with E-state index in [1.165, 1.54) is 126 Å². The van der Waals surface area contributed by atoms with Crippen molar-refractivity contribution in [3.63, 3.8) is 0 Å². The van der Waals surface area contributed by atoms with Crippen molar-refractivity contribution >= 4 is 82.5 Å². The minimum Gasteiger partial charge on any atom is -0.485 e. The highest BCUT2D eigenvalue weighted by molar-refractivity contribution is 7.25. The third-order valence-electron chi connectivity index (χ3n) is 15.8. The molecule has 1 atom stereocenters. The molecule has 320 valence electrons. The zero-order chi connectivity index (χ0) is 44.8. The summed E-state index contributed by atoms with van der Waals surface area (Å²) in [7, 11) is 0. The maximum Gasteiger partial charge on any atom is 0.333 e. The largest absolute Gasteiger partial charge is 0.485 e. The van der Waals surface area contributed by atoms with Crippen molar-refractivity contribution in [1.29, 1.82) is 0 Å². The van der Waals surface area contributed by atoms with Crippen LogP contribution in [0.25, 0.3) is 69.9 Å². The van der Waals surface area contributed by atoms with Crippen molar-refractivity contribution < 1.29 is 4.74 Å². The molecule has 0 spiro atoms. The average Bonchev–Trinajstić information content (AvgIpc) is 4.04. The van der Waals surface area contributed by atoms with Crippen LogP contribution in [0.4, 0.5) is 11.4 Å². The lowest BCUT2D eigenvalue weighted by Crippen LogP contribution is -2.60. The highest BCUT2D eigenvalue weighted by Gasteiger charge is 2.46. The fourth-order valence-corrected chi connectivity index (χ4v) is 13.5. The number of benzene rings is 8. The van der Waals surface area contributed by atoms with Crippen LogP contribution in [-0.4, -0.2) is 11.4 Å². The van der Waals surface area contributed by atoms with Crippen LogP contribution in [0, 0.1) is 0 Å². The number of fused-ring (bicyclic) bond motifs is 15. The fourth-order valence-electron chi connectivity index (χ4n) is 12.3. The molecule has 0 bridgehead atoms. The number of anilines is 2. The molecule has 4 aliphatic rings. The molecule has 3 nitrogen and oxygen atoms in total. The highest BCUT2D eigenvalue weighted by atomic mass is 32.1. The van der Waals surface area contributed by atoms with Crippen LogP contribution in [0.5, 0.6) is 5.75 Å². The Balaban J connectivity index is 1.10. The second-order valence-corrected chi connectivity index (χ2v) is 23.2. The Labute approximate surface area is 391 Å². The van der Waals surface area contributed by atoms with E-state index in [4.69, 9.17) is 4.74 Å². The number of rotatable bonds is 2. The second-order valence-electron chi connectivity index (χ2n) is 22.1. The normalized spacial score (nSPS) is 16.5. The van der Waals surface area contributed by atoms with Crippen molar-refractivity contribution in [3.8, 4) is 33.7 Å². The maximum atomic E-state index is 7.01. The summed E-state index contributed by atoms with van der Waals surface area (Å²) in [6.07, 6.45) is 0.810.